The number of anilines is 1. The lowest BCUT2D eigenvalue weighted by molar-refractivity contribution is 0.225. The molecule has 2 aromatic carbocycles. The van der Waals surface area contributed by atoms with Gasteiger partial charge in [0.1, 0.15) is 11.9 Å². The highest BCUT2D eigenvalue weighted by Gasteiger charge is 2.24. The summed E-state index contributed by atoms with van der Waals surface area (Å²) in [6.45, 7) is 2.01. The maximum Gasteiger partial charge on any atom is 0.120 e. The number of hydrogen-bond acceptors (Lipinski definition) is 2. The number of benzene rings is 2. The Hall–Kier alpha value is -1.48. The fourth-order valence-corrected chi connectivity index (χ4v) is 2.81. The SMILES string of the molecule is Brc1cccc(OC2CCN(c3ccccc3)C2)c1. The van der Waals surface area contributed by atoms with E-state index in [2.05, 4.69) is 51.2 Å². The van der Waals surface area contributed by atoms with Gasteiger partial charge in [0.15, 0.2) is 0 Å². The summed E-state index contributed by atoms with van der Waals surface area (Å²) < 4.78 is 7.09. The summed E-state index contributed by atoms with van der Waals surface area (Å²) in [6.07, 6.45) is 1.34. The summed E-state index contributed by atoms with van der Waals surface area (Å²) in [4.78, 5) is 2.38. The Morgan fingerprint density at radius 3 is 2.68 bits per heavy atom. The van der Waals surface area contributed by atoms with E-state index >= 15 is 0 Å². The van der Waals surface area contributed by atoms with Crippen LogP contribution >= 0.6 is 15.9 Å². The number of para-hydroxylation sites is 1. The van der Waals surface area contributed by atoms with Gasteiger partial charge in [-0.25, -0.2) is 0 Å². The van der Waals surface area contributed by atoms with Crippen LogP contribution in [0, 0.1) is 0 Å². The molecule has 0 aromatic heterocycles. The van der Waals surface area contributed by atoms with Crippen LogP contribution in [-0.4, -0.2) is 19.2 Å². The van der Waals surface area contributed by atoms with Crippen LogP contribution in [0.5, 0.6) is 5.75 Å². The number of hydrogen-bond donors (Lipinski definition) is 0. The zero-order chi connectivity index (χ0) is 13.1. The Labute approximate surface area is 122 Å². The van der Waals surface area contributed by atoms with Gasteiger partial charge >= 0.3 is 0 Å². The molecule has 0 radical (unpaired) electrons. The zero-order valence-corrected chi connectivity index (χ0v) is 12.2. The second kappa shape index (κ2) is 5.66. The van der Waals surface area contributed by atoms with E-state index < -0.39 is 0 Å². The molecule has 0 N–H and O–H groups in total. The monoisotopic (exact) mass is 317 g/mol. The second-order valence-electron chi connectivity index (χ2n) is 4.77. The Bertz CT molecular complexity index is 543. The lowest BCUT2D eigenvalue weighted by Crippen LogP contribution is -2.24. The lowest BCUT2D eigenvalue weighted by Gasteiger charge is -2.19. The largest absolute Gasteiger partial charge is 0.488 e. The van der Waals surface area contributed by atoms with Crippen LogP contribution in [0.2, 0.25) is 0 Å². The van der Waals surface area contributed by atoms with Crippen LogP contribution in [0.3, 0.4) is 0 Å². The Morgan fingerprint density at radius 1 is 1.05 bits per heavy atom. The molecule has 0 spiro atoms. The van der Waals surface area contributed by atoms with Crippen molar-refractivity contribution < 1.29 is 4.74 Å². The molecule has 0 bridgehead atoms. The molecule has 19 heavy (non-hydrogen) atoms. The van der Waals surface area contributed by atoms with Crippen molar-refractivity contribution in [2.75, 3.05) is 18.0 Å². The van der Waals surface area contributed by atoms with E-state index in [9.17, 15) is 0 Å². The Balaban J connectivity index is 1.63. The van der Waals surface area contributed by atoms with Crippen molar-refractivity contribution in [3.63, 3.8) is 0 Å². The van der Waals surface area contributed by atoms with Crippen LogP contribution in [0.4, 0.5) is 5.69 Å². The molecular weight excluding hydrogens is 302 g/mol. The zero-order valence-electron chi connectivity index (χ0n) is 10.6. The highest BCUT2D eigenvalue weighted by atomic mass is 79.9. The minimum absolute atomic E-state index is 0.273. The minimum atomic E-state index is 0.273. The van der Waals surface area contributed by atoms with Crippen molar-refractivity contribution in [3.05, 3.63) is 59.1 Å². The molecule has 98 valence electrons. The molecule has 2 nitrogen and oxygen atoms in total. The molecule has 0 amide bonds. The van der Waals surface area contributed by atoms with Gasteiger partial charge in [0.2, 0.25) is 0 Å². The predicted octanol–water partition coefficient (Wildman–Crippen LogP) is 4.11. The first-order valence-corrected chi connectivity index (χ1v) is 7.33. The average molecular weight is 318 g/mol. The van der Waals surface area contributed by atoms with Gasteiger partial charge < -0.3 is 9.64 Å². The van der Waals surface area contributed by atoms with E-state index in [1.54, 1.807) is 0 Å². The molecule has 1 heterocycles. The lowest BCUT2D eigenvalue weighted by atomic mass is 10.3. The highest BCUT2D eigenvalue weighted by Crippen LogP contribution is 2.24. The highest BCUT2D eigenvalue weighted by molar-refractivity contribution is 9.10. The molecule has 3 heteroatoms. The van der Waals surface area contributed by atoms with Gasteiger partial charge in [-0.15, -0.1) is 0 Å². The first-order chi connectivity index (χ1) is 9.31. The van der Waals surface area contributed by atoms with Gasteiger partial charge in [-0.3, -0.25) is 0 Å². The molecule has 2 aromatic rings. The van der Waals surface area contributed by atoms with E-state index in [0.717, 1.165) is 29.7 Å². The molecule has 0 aliphatic carbocycles. The van der Waals surface area contributed by atoms with Gasteiger partial charge in [-0.05, 0) is 30.3 Å². The van der Waals surface area contributed by atoms with Gasteiger partial charge in [-0.1, -0.05) is 40.2 Å². The minimum Gasteiger partial charge on any atom is -0.488 e. The van der Waals surface area contributed by atoms with Gasteiger partial charge in [0.05, 0.1) is 6.54 Å². The Kier molecular flexibility index (Phi) is 3.74. The predicted molar refractivity (Wildman–Crippen MR) is 81.8 cm³/mol. The standard InChI is InChI=1S/C16H16BrNO/c17-13-5-4-8-15(11-13)19-16-9-10-18(12-16)14-6-2-1-3-7-14/h1-8,11,16H,9-10,12H2. The molecule has 1 fully saturated rings. The van der Waals surface area contributed by atoms with Crippen LogP contribution in [-0.2, 0) is 0 Å². The van der Waals surface area contributed by atoms with Crippen LogP contribution in [0.15, 0.2) is 59.1 Å². The van der Waals surface area contributed by atoms with E-state index in [4.69, 9.17) is 4.74 Å². The van der Waals surface area contributed by atoms with Crippen molar-refractivity contribution in [1.29, 1.82) is 0 Å². The summed E-state index contributed by atoms with van der Waals surface area (Å²) >= 11 is 3.47. The molecule has 1 aliphatic heterocycles. The fraction of sp³-hybridized carbons (Fsp3) is 0.250. The van der Waals surface area contributed by atoms with Crippen molar-refractivity contribution in [2.24, 2.45) is 0 Å². The summed E-state index contributed by atoms with van der Waals surface area (Å²) in [5.74, 6) is 0.939. The molecule has 0 saturated carbocycles. The van der Waals surface area contributed by atoms with E-state index in [-0.39, 0.29) is 6.10 Å². The summed E-state index contributed by atoms with van der Waals surface area (Å²) in [7, 11) is 0. The van der Waals surface area contributed by atoms with Gasteiger partial charge in [-0.2, -0.15) is 0 Å². The molecule has 1 saturated heterocycles. The van der Waals surface area contributed by atoms with Gasteiger partial charge in [0.25, 0.3) is 0 Å². The third-order valence-electron chi connectivity index (χ3n) is 3.37. The maximum absolute atomic E-state index is 6.04. The van der Waals surface area contributed by atoms with Crippen LogP contribution in [0.1, 0.15) is 6.42 Å². The van der Waals surface area contributed by atoms with Crippen molar-refractivity contribution in [2.45, 2.75) is 12.5 Å². The van der Waals surface area contributed by atoms with Crippen molar-refractivity contribution in [3.8, 4) is 5.75 Å². The number of nitrogens with zero attached hydrogens (tertiary/aromatic N) is 1. The van der Waals surface area contributed by atoms with Gasteiger partial charge in [0, 0.05) is 23.1 Å². The van der Waals surface area contributed by atoms with Crippen LogP contribution < -0.4 is 9.64 Å². The molecule has 3 rings (SSSR count). The molecule has 1 unspecified atom stereocenters. The number of halogens is 1. The van der Waals surface area contributed by atoms with Crippen molar-refractivity contribution in [1.82, 2.24) is 0 Å². The third-order valence-corrected chi connectivity index (χ3v) is 3.86. The topological polar surface area (TPSA) is 12.5 Å². The molecular formula is C16H16BrNO. The quantitative estimate of drug-likeness (QED) is 0.844. The first kappa shape index (κ1) is 12.5. The summed E-state index contributed by atoms with van der Waals surface area (Å²) in [6, 6.07) is 18.6. The van der Waals surface area contributed by atoms with Crippen molar-refractivity contribution >= 4 is 21.6 Å². The fourth-order valence-electron chi connectivity index (χ4n) is 2.43. The smallest absolute Gasteiger partial charge is 0.120 e. The maximum atomic E-state index is 6.04. The van der Waals surface area contributed by atoms with Crippen LogP contribution in [0.25, 0.3) is 0 Å². The second-order valence-corrected chi connectivity index (χ2v) is 5.68. The third kappa shape index (κ3) is 3.10. The number of rotatable bonds is 3. The van der Waals surface area contributed by atoms with E-state index in [1.165, 1.54) is 5.69 Å². The number of ether oxygens (including phenoxy) is 1. The average Bonchev–Trinajstić information content (AvgIpc) is 2.88. The molecule has 1 atom stereocenters. The molecule has 1 aliphatic rings. The Morgan fingerprint density at radius 2 is 1.89 bits per heavy atom. The normalized spacial score (nSPS) is 18.6. The summed E-state index contributed by atoms with van der Waals surface area (Å²) in [5, 5.41) is 0. The first-order valence-electron chi connectivity index (χ1n) is 6.53. The van der Waals surface area contributed by atoms with E-state index in [0.29, 0.717) is 0 Å². The summed E-state index contributed by atoms with van der Waals surface area (Å²) in [5.41, 5.74) is 1.28. The van der Waals surface area contributed by atoms with E-state index in [1.807, 2.05) is 24.3 Å².